The van der Waals surface area contributed by atoms with Crippen molar-refractivity contribution in [3.8, 4) is 0 Å². The van der Waals surface area contributed by atoms with E-state index in [1.807, 2.05) is 30.3 Å². The molecule has 2 aromatic heterocycles. The molecule has 0 radical (unpaired) electrons. The monoisotopic (exact) mass is 475 g/mol. The van der Waals surface area contributed by atoms with Crippen LogP contribution in [0.2, 0.25) is 0 Å². The summed E-state index contributed by atoms with van der Waals surface area (Å²) >= 11 is 0. The normalized spacial score (nSPS) is 11.8. The minimum Gasteiger partial charge on any atom is -0.456 e. The zero-order valence-electron chi connectivity index (χ0n) is 19.9. The van der Waals surface area contributed by atoms with E-state index in [4.69, 9.17) is 8.83 Å². The number of benzene rings is 6. The second-order valence-corrected chi connectivity index (χ2v) is 9.43. The number of rotatable bonds is 3. The smallest absolute Gasteiger partial charge is 0.137 e. The van der Waals surface area contributed by atoms with Crippen molar-refractivity contribution < 1.29 is 8.83 Å². The highest BCUT2D eigenvalue weighted by Gasteiger charge is 2.16. The van der Waals surface area contributed by atoms with Gasteiger partial charge < -0.3 is 13.7 Å². The van der Waals surface area contributed by atoms with Crippen LogP contribution in [0.5, 0.6) is 0 Å². The van der Waals surface area contributed by atoms with Crippen LogP contribution in [0.15, 0.2) is 136 Å². The van der Waals surface area contributed by atoms with Crippen LogP contribution in [-0.2, 0) is 0 Å². The first-order chi connectivity index (χ1) is 18.3. The van der Waals surface area contributed by atoms with Crippen LogP contribution in [0.4, 0.5) is 17.1 Å². The van der Waals surface area contributed by atoms with E-state index in [9.17, 15) is 0 Å². The van der Waals surface area contributed by atoms with Crippen LogP contribution in [0.3, 0.4) is 0 Å². The summed E-state index contributed by atoms with van der Waals surface area (Å²) in [4.78, 5) is 2.28. The van der Waals surface area contributed by atoms with Crippen molar-refractivity contribution in [2.24, 2.45) is 0 Å². The van der Waals surface area contributed by atoms with E-state index >= 15 is 0 Å². The number of fused-ring (bicyclic) bond motifs is 7. The van der Waals surface area contributed by atoms with Gasteiger partial charge >= 0.3 is 0 Å². The molecule has 8 rings (SSSR count). The van der Waals surface area contributed by atoms with Gasteiger partial charge in [-0.1, -0.05) is 60.7 Å². The first kappa shape index (κ1) is 20.2. The minimum absolute atomic E-state index is 0.881. The first-order valence-corrected chi connectivity index (χ1v) is 12.4. The van der Waals surface area contributed by atoms with E-state index in [-0.39, 0.29) is 0 Å². The summed E-state index contributed by atoms with van der Waals surface area (Å²) < 4.78 is 12.4. The summed E-state index contributed by atoms with van der Waals surface area (Å²) in [5, 5.41) is 6.85. The van der Waals surface area contributed by atoms with Crippen molar-refractivity contribution in [2.45, 2.75) is 0 Å². The number of furan rings is 2. The molecular formula is C34H21NO2. The van der Waals surface area contributed by atoms with Gasteiger partial charge in [-0.15, -0.1) is 0 Å². The number of hydrogen-bond acceptors (Lipinski definition) is 3. The molecule has 3 nitrogen and oxygen atoms in total. The highest BCUT2D eigenvalue weighted by Crippen LogP contribution is 2.40. The molecule has 0 saturated carbocycles. The summed E-state index contributed by atoms with van der Waals surface area (Å²) in [6.45, 7) is 0. The zero-order valence-corrected chi connectivity index (χ0v) is 19.9. The van der Waals surface area contributed by atoms with E-state index in [0.717, 1.165) is 66.3 Å². The SMILES string of the molecule is c1ccc(N(c2ccc3cc4oc5ccccc5c4cc3c2)c2ccc3c(c2)oc2ccccc23)cc1. The van der Waals surface area contributed by atoms with Crippen LogP contribution in [0.25, 0.3) is 54.6 Å². The van der Waals surface area contributed by atoms with Gasteiger partial charge in [-0.05, 0) is 71.4 Å². The maximum Gasteiger partial charge on any atom is 0.137 e. The molecule has 174 valence electrons. The summed E-state index contributed by atoms with van der Waals surface area (Å²) in [5.74, 6) is 0. The molecule has 0 aliphatic rings. The van der Waals surface area contributed by atoms with Gasteiger partial charge in [-0.3, -0.25) is 0 Å². The van der Waals surface area contributed by atoms with Crippen LogP contribution < -0.4 is 4.90 Å². The Morgan fingerprint density at radius 3 is 1.73 bits per heavy atom. The van der Waals surface area contributed by atoms with Crippen molar-refractivity contribution in [3.63, 3.8) is 0 Å². The molecule has 8 aromatic rings. The molecule has 0 fully saturated rings. The number of nitrogens with zero attached hydrogens (tertiary/aromatic N) is 1. The average molecular weight is 476 g/mol. The Balaban J connectivity index is 1.34. The van der Waals surface area contributed by atoms with Crippen molar-refractivity contribution in [2.75, 3.05) is 4.90 Å². The molecule has 0 atom stereocenters. The van der Waals surface area contributed by atoms with Crippen molar-refractivity contribution in [1.29, 1.82) is 0 Å². The second kappa shape index (κ2) is 7.74. The van der Waals surface area contributed by atoms with Gasteiger partial charge in [-0.25, -0.2) is 0 Å². The molecular weight excluding hydrogens is 454 g/mol. The molecule has 0 amide bonds. The Hall–Kier alpha value is -5.02. The first-order valence-electron chi connectivity index (χ1n) is 12.4. The van der Waals surface area contributed by atoms with Gasteiger partial charge in [0.05, 0.1) is 0 Å². The predicted octanol–water partition coefficient (Wildman–Crippen LogP) is 10.1. The van der Waals surface area contributed by atoms with Gasteiger partial charge in [0, 0.05) is 44.7 Å². The molecule has 0 bridgehead atoms. The Kier molecular flexibility index (Phi) is 4.23. The van der Waals surface area contributed by atoms with Crippen LogP contribution in [0, 0.1) is 0 Å². The molecule has 0 N–H and O–H groups in total. The molecule has 0 aliphatic carbocycles. The van der Waals surface area contributed by atoms with Gasteiger partial charge in [0.1, 0.15) is 22.3 Å². The van der Waals surface area contributed by atoms with E-state index in [0.29, 0.717) is 0 Å². The number of anilines is 3. The van der Waals surface area contributed by atoms with Crippen LogP contribution in [0.1, 0.15) is 0 Å². The lowest BCUT2D eigenvalue weighted by molar-refractivity contribution is 0.668. The summed E-state index contributed by atoms with van der Waals surface area (Å²) in [6.07, 6.45) is 0. The van der Waals surface area contributed by atoms with Crippen molar-refractivity contribution in [3.05, 3.63) is 127 Å². The third kappa shape index (κ3) is 3.14. The Labute approximate surface area is 212 Å². The minimum atomic E-state index is 0.881. The second-order valence-electron chi connectivity index (χ2n) is 9.43. The van der Waals surface area contributed by atoms with Crippen LogP contribution >= 0.6 is 0 Å². The van der Waals surface area contributed by atoms with Gasteiger partial charge in [0.15, 0.2) is 0 Å². The predicted molar refractivity (Wildman–Crippen MR) is 153 cm³/mol. The molecule has 0 aliphatic heterocycles. The van der Waals surface area contributed by atoms with Gasteiger partial charge in [-0.2, -0.15) is 0 Å². The van der Waals surface area contributed by atoms with E-state index < -0.39 is 0 Å². The van der Waals surface area contributed by atoms with E-state index in [1.165, 1.54) is 5.39 Å². The van der Waals surface area contributed by atoms with Gasteiger partial charge in [0.2, 0.25) is 0 Å². The number of para-hydroxylation sites is 3. The average Bonchev–Trinajstić information content (AvgIpc) is 3.50. The Morgan fingerprint density at radius 2 is 0.946 bits per heavy atom. The van der Waals surface area contributed by atoms with Crippen LogP contribution in [-0.4, -0.2) is 0 Å². The summed E-state index contributed by atoms with van der Waals surface area (Å²) in [7, 11) is 0. The van der Waals surface area contributed by atoms with E-state index in [1.54, 1.807) is 0 Å². The van der Waals surface area contributed by atoms with Gasteiger partial charge in [0.25, 0.3) is 0 Å². The number of hydrogen-bond donors (Lipinski definition) is 0. The fraction of sp³-hybridized carbons (Fsp3) is 0. The standard InChI is InChI=1S/C34H21NO2/c1-2-8-24(9-3-1)35(26-16-17-29-27-10-4-6-12-31(27)37-34(29)21-26)25-15-14-22-20-33-30(19-23(22)18-25)28-11-5-7-13-32(28)36-33/h1-21H. The fourth-order valence-electron chi connectivity index (χ4n) is 5.47. The highest BCUT2D eigenvalue weighted by atomic mass is 16.3. The van der Waals surface area contributed by atoms with Crippen molar-refractivity contribution in [1.82, 2.24) is 0 Å². The lowest BCUT2D eigenvalue weighted by Crippen LogP contribution is -2.09. The largest absolute Gasteiger partial charge is 0.456 e. The third-order valence-electron chi connectivity index (χ3n) is 7.21. The molecule has 0 spiro atoms. The Morgan fingerprint density at radius 1 is 0.351 bits per heavy atom. The van der Waals surface area contributed by atoms with Crippen molar-refractivity contribution >= 4 is 71.7 Å². The molecule has 2 heterocycles. The fourth-order valence-corrected chi connectivity index (χ4v) is 5.47. The topological polar surface area (TPSA) is 29.5 Å². The Bertz CT molecular complexity index is 2100. The summed E-state index contributed by atoms with van der Waals surface area (Å²) in [5.41, 5.74) is 6.84. The molecule has 0 unspecified atom stereocenters. The lowest BCUT2D eigenvalue weighted by Gasteiger charge is -2.25. The summed E-state index contributed by atoms with van der Waals surface area (Å²) in [6, 6.07) is 44.3. The molecule has 37 heavy (non-hydrogen) atoms. The zero-order chi connectivity index (χ0) is 24.3. The third-order valence-corrected chi connectivity index (χ3v) is 7.21. The molecule has 0 saturated heterocycles. The quantitative estimate of drug-likeness (QED) is 0.255. The molecule has 3 heteroatoms. The molecule has 6 aromatic carbocycles. The maximum atomic E-state index is 6.23. The lowest BCUT2D eigenvalue weighted by atomic mass is 10.0. The maximum absolute atomic E-state index is 6.23. The highest BCUT2D eigenvalue weighted by molar-refractivity contribution is 6.11. The van der Waals surface area contributed by atoms with E-state index in [2.05, 4.69) is 102 Å².